The Hall–Kier alpha value is -2.96. The molecule has 0 radical (unpaired) electrons. The summed E-state index contributed by atoms with van der Waals surface area (Å²) >= 11 is 11.9. The number of hydrogen-bond acceptors (Lipinski definition) is 5. The number of hydrogen-bond donors (Lipinski definition) is 0. The Morgan fingerprint density at radius 2 is 1.81 bits per heavy atom. The van der Waals surface area contributed by atoms with Crippen molar-refractivity contribution in [3.05, 3.63) is 85.5 Å². The lowest BCUT2D eigenvalue weighted by Crippen LogP contribution is -2.01. The summed E-state index contributed by atoms with van der Waals surface area (Å²) < 4.78 is 5.07. The quantitative estimate of drug-likeness (QED) is 0.322. The molecule has 6 nitrogen and oxygen atoms in total. The van der Waals surface area contributed by atoms with Gasteiger partial charge in [0.05, 0.1) is 4.92 Å². The van der Waals surface area contributed by atoms with E-state index >= 15 is 0 Å². The number of ether oxygens (including phenoxy) is 1. The van der Waals surface area contributed by atoms with Crippen LogP contribution in [-0.4, -0.2) is 16.8 Å². The molecule has 1 aliphatic heterocycles. The van der Waals surface area contributed by atoms with E-state index in [0.29, 0.717) is 21.2 Å². The van der Waals surface area contributed by atoms with Crippen LogP contribution in [-0.2, 0) is 9.53 Å². The first kappa shape index (κ1) is 17.8. The zero-order valence-electron chi connectivity index (χ0n) is 13.1. The minimum Gasteiger partial charge on any atom is -0.403 e. The van der Waals surface area contributed by atoms with Gasteiger partial charge in [-0.1, -0.05) is 29.3 Å². The van der Waals surface area contributed by atoms with E-state index in [0.717, 1.165) is 0 Å². The van der Waals surface area contributed by atoms with Crippen molar-refractivity contribution in [1.29, 1.82) is 0 Å². The third-order valence-corrected chi connectivity index (χ3v) is 3.98. The van der Waals surface area contributed by atoms with E-state index in [-0.39, 0.29) is 17.3 Å². The second-order valence-electron chi connectivity index (χ2n) is 5.22. The molecule has 3 rings (SSSR count). The Kier molecular flexibility index (Phi) is 5.16. The largest absolute Gasteiger partial charge is 0.403 e. The number of cyclic esters (lactones) is 1. The zero-order chi connectivity index (χ0) is 18.7. The number of nitro groups is 1. The molecule has 26 heavy (non-hydrogen) atoms. The summed E-state index contributed by atoms with van der Waals surface area (Å²) in [7, 11) is 0. The molecule has 1 aliphatic rings. The number of halogens is 2. The Balaban J connectivity index is 1.79. The number of rotatable bonds is 4. The average molecular weight is 389 g/mol. The molecule has 0 fully saturated rings. The van der Waals surface area contributed by atoms with Gasteiger partial charge in [-0.25, -0.2) is 9.79 Å². The fourth-order valence-corrected chi connectivity index (χ4v) is 2.60. The number of esters is 1. The SMILES string of the molecule is O=C1OC(/C=C/c2ccc([N+](=O)[O-])cc2)=NC/1=C/c1ccc(Cl)cc1Cl. The van der Waals surface area contributed by atoms with Crippen molar-refractivity contribution in [3.8, 4) is 0 Å². The second kappa shape index (κ2) is 7.51. The molecule has 1 heterocycles. The van der Waals surface area contributed by atoms with Crippen LogP contribution < -0.4 is 0 Å². The Bertz CT molecular complexity index is 979. The molecule has 0 spiro atoms. The Morgan fingerprint density at radius 3 is 2.46 bits per heavy atom. The second-order valence-corrected chi connectivity index (χ2v) is 6.06. The third-order valence-electron chi connectivity index (χ3n) is 3.41. The van der Waals surface area contributed by atoms with Gasteiger partial charge in [-0.15, -0.1) is 0 Å². The summed E-state index contributed by atoms with van der Waals surface area (Å²) in [5.74, 6) is -0.482. The highest BCUT2D eigenvalue weighted by Gasteiger charge is 2.21. The van der Waals surface area contributed by atoms with E-state index in [9.17, 15) is 14.9 Å². The molecule has 0 saturated carbocycles. The summed E-state index contributed by atoms with van der Waals surface area (Å²) in [6.07, 6.45) is 4.64. The van der Waals surface area contributed by atoms with Gasteiger partial charge in [0.15, 0.2) is 5.70 Å². The molecular formula is C18H10Cl2N2O4. The lowest BCUT2D eigenvalue weighted by Gasteiger charge is -1.98. The lowest BCUT2D eigenvalue weighted by atomic mass is 10.2. The molecule has 130 valence electrons. The minimum atomic E-state index is -0.598. The van der Waals surface area contributed by atoms with Gasteiger partial charge in [-0.3, -0.25) is 10.1 Å². The molecule has 0 amide bonds. The van der Waals surface area contributed by atoms with Crippen LogP contribution in [0.2, 0.25) is 10.0 Å². The smallest absolute Gasteiger partial charge is 0.363 e. The first-order chi connectivity index (χ1) is 12.4. The number of carbonyl (C=O) groups excluding carboxylic acids is 1. The molecule has 0 aliphatic carbocycles. The predicted octanol–water partition coefficient (Wildman–Crippen LogP) is 4.91. The maximum atomic E-state index is 11.9. The Labute approximate surface area is 158 Å². The van der Waals surface area contributed by atoms with E-state index in [1.54, 1.807) is 36.4 Å². The molecule has 0 atom stereocenters. The maximum Gasteiger partial charge on any atom is 0.363 e. The van der Waals surface area contributed by atoms with Gasteiger partial charge in [0.2, 0.25) is 5.90 Å². The molecule has 8 heteroatoms. The highest BCUT2D eigenvalue weighted by Crippen LogP contribution is 2.25. The molecule has 0 aromatic heterocycles. The molecule has 0 unspecified atom stereocenters. The van der Waals surface area contributed by atoms with Crippen LogP contribution in [0.25, 0.3) is 12.2 Å². The molecule has 0 bridgehead atoms. The van der Waals surface area contributed by atoms with Gasteiger partial charge in [0.25, 0.3) is 5.69 Å². The van der Waals surface area contributed by atoms with Crippen LogP contribution in [0, 0.1) is 10.1 Å². The third kappa shape index (κ3) is 4.17. The maximum absolute atomic E-state index is 11.9. The monoisotopic (exact) mass is 388 g/mol. The standard InChI is InChI=1S/C18H10Cl2N2O4/c19-13-5-4-12(15(20)10-13)9-16-18(23)26-17(21-16)8-3-11-1-6-14(7-2-11)22(24)25/h1-10H/b8-3+,16-9+. The van der Waals surface area contributed by atoms with Crippen LogP contribution in [0.5, 0.6) is 0 Å². The van der Waals surface area contributed by atoms with Crippen molar-refractivity contribution < 1.29 is 14.5 Å². The molecule has 2 aromatic rings. The van der Waals surface area contributed by atoms with Gasteiger partial charge in [-0.2, -0.15) is 0 Å². The van der Waals surface area contributed by atoms with E-state index < -0.39 is 10.9 Å². The van der Waals surface area contributed by atoms with Crippen LogP contribution >= 0.6 is 23.2 Å². The van der Waals surface area contributed by atoms with Gasteiger partial charge in [-0.05, 0) is 47.5 Å². The molecular weight excluding hydrogens is 379 g/mol. The first-order valence-corrected chi connectivity index (χ1v) is 8.08. The minimum absolute atomic E-state index is 0.00292. The van der Waals surface area contributed by atoms with Crippen molar-refractivity contribution in [2.24, 2.45) is 4.99 Å². The Morgan fingerprint density at radius 1 is 1.08 bits per heavy atom. The van der Waals surface area contributed by atoms with E-state index in [4.69, 9.17) is 27.9 Å². The van der Waals surface area contributed by atoms with Crippen LogP contribution in [0.4, 0.5) is 5.69 Å². The van der Waals surface area contributed by atoms with Crippen LogP contribution in [0.3, 0.4) is 0 Å². The van der Waals surface area contributed by atoms with E-state index in [1.807, 2.05) is 0 Å². The van der Waals surface area contributed by atoms with Crippen LogP contribution in [0.15, 0.2) is 59.2 Å². The fourth-order valence-electron chi connectivity index (χ4n) is 2.14. The van der Waals surface area contributed by atoms with Crippen molar-refractivity contribution in [2.45, 2.75) is 0 Å². The average Bonchev–Trinajstić information content (AvgIpc) is 2.95. The van der Waals surface area contributed by atoms with Gasteiger partial charge in [0, 0.05) is 28.3 Å². The van der Waals surface area contributed by atoms with Crippen molar-refractivity contribution >= 4 is 52.9 Å². The van der Waals surface area contributed by atoms with Crippen molar-refractivity contribution in [1.82, 2.24) is 0 Å². The highest BCUT2D eigenvalue weighted by molar-refractivity contribution is 6.35. The summed E-state index contributed by atoms with van der Waals surface area (Å²) in [6, 6.07) is 10.8. The number of aliphatic imine (C=N–C) groups is 1. The number of non-ortho nitro benzene ring substituents is 1. The molecule has 2 aromatic carbocycles. The van der Waals surface area contributed by atoms with E-state index in [2.05, 4.69) is 4.99 Å². The number of nitro benzene ring substituents is 1. The summed E-state index contributed by atoms with van der Waals surface area (Å²) in [5.41, 5.74) is 1.40. The summed E-state index contributed by atoms with van der Waals surface area (Å²) in [5, 5.41) is 11.5. The van der Waals surface area contributed by atoms with Gasteiger partial charge < -0.3 is 4.74 Å². The predicted molar refractivity (Wildman–Crippen MR) is 100 cm³/mol. The lowest BCUT2D eigenvalue weighted by molar-refractivity contribution is -0.384. The zero-order valence-corrected chi connectivity index (χ0v) is 14.6. The number of nitrogens with zero attached hydrogens (tertiary/aromatic N) is 2. The number of carbonyl (C=O) groups is 1. The summed E-state index contributed by atoms with van der Waals surface area (Å²) in [4.78, 5) is 26.2. The first-order valence-electron chi connectivity index (χ1n) is 7.32. The van der Waals surface area contributed by atoms with Crippen LogP contribution in [0.1, 0.15) is 11.1 Å². The van der Waals surface area contributed by atoms with Crippen molar-refractivity contribution in [2.75, 3.05) is 0 Å². The topological polar surface area (TPSA) is 81.8 Å². The van der Waals surface area contributed by atoms with Gasteiger partial charge in [0.1, 0.15) is 0 Å². The normalized spacial score (nSPS) is 15.4. The highest BCUT2D eigenvalue weighted by atomic mass is 35.5. The summed E-state index contributed by atoms with van der Waals surface area (Å²) in [6.45, 7) is 0. The molecule has 0 N–H and O–H groups in total. The van der Waals surface area contributed by atoms with E-state index in [1.165, 1.54) is 24.3 Å². The number of benzene rings is 2. The van der Waals surface area contributed by atoms with Gasteiger partial charge >= 0.3 is 5.97 Å². The fraction of sp³-hybridized carbons (Fsp3) is 0. The van der Waals surface area contributed by atoms with Crippen molar-refractivity contribution in [3.63, 3.8) is 0 Å². The molecule has 0 saturated heterocycles.